The first-order valence-corrected chi connectivity index (χ1v) is 8.44. The highest BCUT2D eigenvalue weighted by Crippen LogP contribution is 2.27. The van der Waals surface area contributed by atoms with Gasteiger partial charge in [0.2, 0.25) is 0 Å². The zero-order valence-electron chi connectivity index (χ0n) is 13.9. The molecule has 1 N–H and O–H groups in total. The van der Waals surface area contributed by atoms with E-state index in [1.807, 2.05) is 37.4 Å². The van der Waals surface area contributed by atoms with Crippen molar-refractivity contribution in [2.75, 3.05) is 6.61 Å². The predicted molar refractivity (Wildman–Crippen MR) is 95.6 cm³/mol. The summed E-state index contributed by atoms with van der Waals surface area (Å²) in [5, 5.41) is 5.96. The number of rotatable bonds is 6. The van der Waals surface area contributed by atoms with Crippen molar-refractivity contribution >= 4 is 23.5 Å². The smallest absolute Gasteiger partial charge is 0.277 e. The maximum atomic E-state index is 11.8. The molecule has 0 radical (unpaired) electrons. The monoisotopic (exact) mass is 330 g/mol. The highest BCUT2D eigenvalue weighted by atomic mass is 32.1. The minimum Gasteiger partial charge on any atom is -0.483 e. The summed E-state index contributed by atoms with van der Waals surface area (Å²) in [7, 11) is 0. The molecule has 0 saturated heterocycles. The lowest BCUT2D eigenvalue weighted by molar-refractivity contribution is -0.123. The first kappa shape index (κ1) is 17.2. The first-order chi connectivity index (χ1) is 11.0. The van der Waals surface area contributed by atoms with Crippen LogP contribution in [-0.2, 0) is 4.79 Å². The third-order valence-electron chi connectivity index (χ3n) is 3.42. The van der Waals surface area contributed by atoms with Gasteiger partial charge in [0, 0.05) is 4.88 Å². The second-order valence-electron chi connectivity index (χ2n) is 5.75. The van der Waals surface area contributed by atoms with Gasteiger partial charge in [0.05, 0.1) is 6.21 Å². The van der Waals surface area contributed by atoms with Gasteiger partial charge in [-0.1, -0.05) is 26.0 Å². The van der Waals surface area contributed by atoms with Gasteiger partial charge in [-0.15, -0.1) is 11.3 Å². The minimum atomic E-state index is -0.272. The Balaban J connectivity index is 1.91. The van der Waals surface area contributed by atoms with Gasteiger partial charge >= 0.3 is 0 Å². The Morgan fingerprint density at radius 2 is 2.13 bits per heavy atom. The molecule has 0 bridgehead atoms. The summed E-state index contributed by atoms with van der Waals surface area (Å²) >= 11 is 1.59. The van der Waals surface area contributed by atoms with Crippen molar-refractivity contribution < 1.29 is 9.53 Å². The number of carbonyl (C=O) groups excluding carboxylic acids is 1. The Morgan fingerprint density at radius 3 is 2.78 bits per heavy atom. The van der Waals surface area contributed by atoms with Gasteiger partial charge in [0.25, 0.3) is 5.91 Å². The van der Waals surface area contributed by atoms with Gasteiger partial charge in [-0.25, -0.2) is 5.43 Å². The lowest BCUT2D eigenvalue weighted by atomic mass is 10.0. The van der Waals surface area contributed by atoms with Crippen LogP contribution in [0.1, 0.15) is 41.3 Å². The average molecular weight is 330 g/mol. The number of nitrogens with zero attached hydrogens (tertiary/aromatic N) is 1. The van der Waals surface area contributed by atoms with Crippen LogP contribution < -0.4 is 10.2 Å². The summed E-state index contributed by atoms with van der Waals surface area (Å²) in [6.07, 6.45) is 1.66. The lowest BCUT2D eigenvalue weighted by Crippen LogP contribution is -2.25. The molecular formula is C18H22N2O2S. The summed E-state index contributed by atoms with van der Waals surface area (Å²) in [6, 6.07) is 8.07. The zero-order valence-corrected chi connectivity index (χ0v) is 14.7. The van der Waals surface area contributed by atoms with Crippen molar-refractivity contribution in [1.29, 1.82) is 0 Å². The summed E-state index contributed by atoms with van der Waals surface area (Å²) < 4.78 is 5.67. The molecule has 2 aromatic rings. The van der Waals surface area contributed by atoms with Crippen LogP contribution in [-0.4, -0.2) is 18.7 Å². The number of ether oxygens (including phenoxy) is 1. The molecule has 0 fully saturated rings. The van der Waals surface area contributed by atoms with E-state index < -0.39 is 0 Å². The largest absolute Gasteiger partial charge is 0.483 e. The number of benzene rings is 1. The molecule has 1 heterocycles. The number of hydrazone groups is 1. The van der Waals surface area contributed by atoms with E-state index >= 15 is 0 Å². The van der Waals surface area contributed by atoms with Crippen molar-refractivity contribution in [3.05, 3.63) is 51.2 Å². The molecule has 0 atom stereocenters. The van der Waals surface area contributed by atoms with Crippen LogP contribution in [0.15, 0.2) is 34.7 Å². The van der Waals surface area contributed by atoms with E-state index in [1.54, 1.807) is 17.6 Å². The Hall–Kier alpha value is -2.14. The van der Waals surface area contributed by atoms with Crippen LogP contribution in [0, 0.1) is 13.8 Å². The second-order valence-corrected chi connectivity index (χ2v) is 6.69. The number of nitrogens with one attached hydrogen (secondary N) is 1. The zero-order chi connectivity index (χ0) is 16.8. The van der Waals surface area contributed by atoms with E-state index in [2.05, 4.69) is 30.4 Å². The van der Waals surface area contributed by atoms with Gasteiger partial charge in [-0.2, -0.15) is 5.10 Å². The van der Waals surface area contributed by atoms with Crippen LogP contribution in [0.2, 0.25) is 0 Å². The maximum Gasteiger partial charge on any atom is 0.277 e. The molecule has 1 aromatic heterocycles. The normalized spacial score (nSPS) is 11.2. The van der Waals surface area contributed by atoms with Crippen molar-refractivity contribution in [2.45, 2.75) is 33.6 Å². The number of amides is 1. The fourth-order valence-electron chi connectivity index (χ4n) is 2.10. The molecule has 122 valence electrons. The van der Waals surface area contributed by atoms with Crippen molar-refractivity contribution in [3.63, 3.8) is 0 Å². The topological polar surface area (TPSA) is 50.7 Å². The number of carbonyl (C=O) groups is 1. The lowest BCUT2D eigenvalue weighted by Gasteiger charge is -2.14. The Bertz CT molecular complexity index is 705. The van der Waals surface area contributed by atoms with E-state index in [9.17, 15) is 4.79 Å². The minimum absolute atomic E-state index is 0.0517. The molecule has 0 saturated carbocycles. The number of hydrogen-bond acceptors (Lipinski definition) is 4. The summed E-state index contributed by atoms with van der Waals surface area (Å²) in [4.78, 5) is 12.9. The van der Waals surface area contributed by atoms with Gasteiger partial charge < -0.3 is 4.74 Å². The third kappa shape index (κ3) is 4.93. The second kappa shape index (κ2) is 7.92. The Labute approximate surface area is 141 Å². The molecule has 0 spiro atoms. The molecule has 5 heteroatoms. The molecular weight excluding hydrogens is 308 g/mol. The fourth-order valence-corrected chi connectivity index (χ4v) is 2.89. The Morgan fingerprint density at radius 1 is 1.35 bits per heavy atom. The molecule has 0 unspecified atom stereocenters. The van der Waals surface area contributed by atoms with E-state index in [0.717, 1.165) is 27.3 Å². The van der Waals surface area contributed by atoms with Crippen LogP contribution in [0.5, 0.6) is 5.75 Å². The first-order valence-electron chi connectivity index (χ1n) is 7.56. The number of thiophene rings is 1. The molecule has 4 nitrogen and oxygen atoms in total. The van der Waals surface area contributed by atoms with E-state index in [-0.39, 0.29) is 12.5 Å². The molecule has 0 aliphatic rings. The summed E-state index contributed by atoms with van der Waals surface area (Å²) in [6.45, 7) is 8.17. The summed E-state index contributed by atoms with van der Waals surface area (Å²) in [5.74, 6) is 0.827. The predicted octanol–water partition coefficient (Wildman–Crippen LogP) is 4.02. The van der Waals surface area contributed by atoms with Crippen molar-refractivity contribution in [3.8, 4) is 5.75 Å². The van der Waals surface area contributed by atoms with Crippen LogP contribution in [0.25, 0.3) is 0 Å². The van der Waals surface area contributed by atoms with Gasteiger partial charge in [0.15, 0.2) is 6.61 Å². The van der Waals surface area contributed by atoms with E-state index in [4.69, 9.17) is 4.74 Å². The van der Waals surface area contributed by atoms with E-state index in [0.29, 0.717) is 5.92 Å². The highest BCUT2D eigenvalue weighted by Gasteiger charge is 2.10. The number of hydrogen-bond donors (Lipinski definition) is 1. The van der Waals surface area contributed by atoms with Crippen molar-refractivity contribution in [1.82, 2.24) is 5.43 Å². The van der Waals surface area contributed by atoms with Crippen molar-refractivity contribution in [2.24, 2.45) is 5.10 Å². The quantitative estimate of drug-likeness (QED) is 0.642. The average Bonchev–Trinajstić information content (AvgIpc) is 2.90. The molecule has 0 aliphatic carbocycles. The SMILES string of the molecule is Cc1ccc(C(C)C)c(OCC(=O)N/N=C/c2sccc2C)c1. The summed E-state index contributed by atoms with van der Waals surface area (Å²) in [5.41, 5.74) is 5.84. The van der Waals surface area contributed by atoms with Gasteiger partial charge in [-0.05, 0) is 54.0 Å². The third-order valence-corrected chi connectivity index (χ3v) is 4.38. The van der Waals surface area contributed by atoms with Crippen LogP contribution >= 0.6 is 11.3 Å². The fraction of sp³-hybridized carbons (Fsp3) is 0.333. The number of aryl methyl sites for hydroxylation is 2. The standard InChI is InChI=1S/C18H22N2O2S/c1-12(2)15-6-5-13(3)9-16(15)22-11-18(21)20-19-10-17-14(4)7-8-23-17/h5-10,12H,11H2,1-4H3,(H,20,21)/b19-10+. The molecule has 0 aliphatic heterocycles. The molecule has 1 amide bonds. The van der Waals surface area contributed by atoms with Gasteiger partial charge in [0.1, 0.15) is 5.75 Å². The highest BCUT2D eigenvalue weighted by molar-refractivity contribution is 7.11. The van der Waals surface area contributed by atoms with Crippen LogP contribution in [0.4, 0.5) is 0 Å². The molecule has 1 aromatic carbocycles. The van der Waals surface area contributed by atoms with Gasteiger partial charge in [-0.3, -0.25) is 4.79 Å². The molecule has 23 heavy (non-hydrogen) atoms. The molecule has 2 rings (SSSR count). The Kier molecular flexibility index (Phi) is 5.93. The van der Waals surface area contributed by atoms with Crippen LogP contribution in [0.3, 0.4) is 0 Å². The van der Waals surface area contributed by atoms with E-state index in [1.165, 1.54) is 0 Å². The maximum absolute atomic E-state index is 11.8.